The summed E-state index contributed by atoms with van der Waals surface area (Å²) in [6, 6.07) is 28.7. The number of pyridine rings is 1. The highest BCUT2D eigenvalue weighted by molar-refractivity contribution is 6.14. The molecule has 1 aromatic heterocycles. The Morgan fingerprint density at radius 3 is 2.19 bits per heavy atom. The van der Waals surface area contributed by atoms with Crippen molar-refractivity contribution in [3.8, 4) is 11.3 Å². The zero-order valence-electron chi connectivity index (χ0n) is 15.0. The molecule has 0 saturated carbocycles. The van der Waals surface area contributed by atoms with Crippen LogP contribution in [0.25, 0.3) is 43.6 Å². The van der Waals surface area contributed by atoms with E-state index in [9.17, 15) is 0 Å². The highest BCUT2D eigenvalue weighted by atomic mass is 14.9. The lowest BCUT2D eigenvalue weighted by molar-refractivity contribution is -0.660. The van der Waals surface area contributed by atoms with Crippen LogP contribution in [0, 0.1) is 6.92 Å². The Hall–Kier alpha value is -3.19. The summed E-state index contributed by atoms with van der Waals surface area (Å²) in [6.45, 7) is 2.20. The smallest absolute Gasteiger partial charge is 0.201 e. The lowest BCUT2D eigenvalue weighted by Crippen LogP contribution is -2.30. The molecule has 124 valence electrons. The minimum absolute atomic E-state index is 1.25. The standard InChI is InChI=1S/C25H20N/c1-17-10-11-20-15-22-19(13-12-18-7-3-4-8-21(18)22)16-23(20)25(17)24-9-5-6-14-26(24)2/h3-16H,1-2H3/q+1. The maximum Gasteiger partial charge on any atom is 0.213 e. The zero-order valence-corrected chi connectivity index (χ0v) is 15.0. The number of hydrogen-bond donors (Lipinski definition) is 0. The van der Waals surface area contributed by atoms with Crippen molar-refractivity contribution < 1.29 is 4.57 Å². The Bertz CT molecular complexity index is 1300. The van der Waals surface area contributed by atoms with Crippen molar-refractivity contribution >= 4 is 32.3 Å². The van der Waals surface area contributed by atoms with Gasteiger partial charge in [0.1, 0.15) is 7.05 Å². The molecular weight excluding hydrogens is 314 g/mol. The first-order valence-corrected chi connectivity index (χ1v) is 9.02. The number of aromatic nitrogens is 1. The molecule has 0 radical (unpaired) electrons. The number of nitrogens with zero attached hydrogens (tertiary/aromatic N) is 1. The topological polar surface area (TPSA) is 3.88 Å². The van der Waals surface area contributed by atoms with Gasteiger partial charge in [-0.05, 0) is 63.0 Å². The van der Waals surface area contributed by atoms with E-state index in [2.05, 4.69) is 104 Å². The van der Waals surface area contributed by atoms with Crippen molar-refractivity contribution in [3.63, 3.8) is 0 Å². The SMILES string of the molecule is Cc1ccc2cc3c(ccc4ccccc43)cc2c1-c1cccc[n+]1C. The molecule has 0 aliphatic heterocycles. The largest absolute Gasteiger partial charge is 0.213 e. The highest BCUT2D eigenvalue weighted by Crippen LogP contribution is 2.35. The van der Waals surface area contributed by atoms with Gasteiger partial charge in [-0.1, -0.05) is 48.5 Å². The monoisotopic (exact) mass is 334 g/mol. The Morgan fingerprint density at radius 1 is 0.615 bits per heavy atom. The summed E-state index contributed by atoms with van der Waals surface area (Å²) < 4.78 is 2.20. The molecule has 0 amide bonds. The summed E-state index contributed by atoms with van der Waals surface area (Å²) >= 11 is 0. The normalized spacial score (nSPS) is 11.5. The number of hydrogen-bond acceptors (Lipinski definition) is 0. The second kappa shape index (κ2) is 5.67. The third-order valence-corrected chi connectivity index (χ3v) is 5.40. The van der Waals surface area contributed by atoms with E-state index in [1.807, 2.05) is 0 Å². The van der Waals surface area contributed by atoms with E-state index in [-0.39, 0.29) is 0 Å². The summed E-state index contributed by atoms with van der Waals surface area (Å²) in [5.41, 5.74) is 3.87. The van der Waals surface area contributed by atoms with Crippen molar-refractivity contribution in [2.45, 2.75) is 6.92 Å². The van der Waals surface area contributed by atoms with Crippen LogP contribution < -0.4 is 4.57 Å². The van der Waals surface area contributed by atoms with E-state index in [0.29, 0.717) is 0 Å². The zero-order chi connectivity index (χ0) is 17.7. The number of benzene rings is 4. The van der Waals surface area contributed by atoms with Gasteiger partial charge in [0.15, 0.2) is 6.20 Å². The molecule has 26 heavy (non-hydrogen) atoms. The third-order valence-electron chi connectivity index (χ3n) is 5.40. The van der Waals surface area contributed by atoms with Crippen molar-refractivity contribution in [1.82, 2.24) is 0 Å². The molecule has 5 aromatic rings. The van der Waals surface area contributed by atoms with Gasteiger partial charge in [0.2, 0.25) is 5.69 Å². The second-order valence-corrected chi connectivity index (χ2v) is 7.04. The Labute approximate surface area is 153 Å². The van der Waals surface area contributed by atoms with Gasteiger partial charge in [-0.2, -0.15) is 0 Å². The quantitative estimate of drug-likeness (QED) is 0.203. The minimum Gasteiger partial charge on any atom is -0.201 e. The van der Waals surface area contributed by atoms with Gasteiger partial charge in [0, 0.05) is 12.1 Å². The number of fused-ring (bicyclic) bond motifs is 4. The predicted octanol–water partition coefficient (Wildman–Crippen LogP) is 5.95. The van der Waals surface area contributed by atoms with Crippen LogP contribution in [-0.2, 0) is 7.05 Å². The lowest BCUT2D eigenvalue weighted by atomic mass is 9.92. The van der Waals surface area contributed by atoms with Crippen LogP contribution in [-0.4, -0.2) is 0 Å². The van der Waals surface area contributed by atoms with Gasteiger partial charge in [-0.3, -0.25) is 0 Å². The number of aryl methyl sites for hydroxylation is 2. The molecule has 4 aromatic carbocycles. The molecule has 0 N–H and O–H groups in total. The van der Waals surface area contributed by atoms with E-state index >= 15 is 0 Å². The van der Waals surface area contributed by atoms with Crippen LogP contribution >= 0.6 is 0 Å². The van der Waals surface area contributed by atoms with E-state index in [0.717, 1.165) is 0 Å². The lowest BCUT2D eigenvalue weighted by Gasteiger charge is -2.11. The molecule has 0 aliphatic rings. The Morgan fingerprint density at radius 2 is 1.31 bits per heavy atom. The maximum absolute atomic E-state index is 2.35. The van der Waals surface area contributed by atoms with Gasteiger partial charge in [-0.25, -0.2) is 4.57 Å². The summed E-state index contributed by atoms with van der Waals surface area (Å²) in [5, 5.41) is 7.83. The summed E-state index contributed by atoms with van der Waals surface area (Å²) in [4.78, 5) is 0. The van der Waals surface area contributed by atoms with Crippen LogP contribution in [0.3, 0.4) is 0 Å². The summed E-state index contributed by atoms with van der Waals surface area (Å²) in [6.07, 6.45) is 2.11. The first kappa shape index (κ1) is 15.1. The van der Waals surface area contributed by atoms with Gasteiger partial charge in [0.05, 0.1) is 5.56 Å². The van der Waals surface area contributed by atoms with Crippen molar-refractivity contribution in [3.05, 3.63) is 90.6 Å². The molecule has 0 fully saturated rings. The van der Waals surface area contributed by atoms with Crippen LogP contribution in [0.2, 0.25) is 0 Å². The molecule has 0 bridgehead atoms. The molecule has 0 spiro atoms. The van der Waals surface area contributed by atoms with Gasteiger partial charge in [-0.15, -0.1) is 0 Å². The first-order chi connectivity index (χ1) is 12.7. The highest BCUT2D eigenvalue weighted by Gasteiger charge is 2.16. The van der Waals surface area contributed by atoms with E-state index < -0.39 is 0 Å². The van der Waals surface area contributed by atoms with Gasteiger partial charge >= 0.3 is 0 Å². The summed E-state index contributed by atoms with van der Waals surface area (Å²) in [7, 11) is 2.11. The second-order valence-electron chi connectivity index (χ2n) is 7.04. The van der Waals surface area contributed by atoms with E-state index in [1.54, 1.807) is 0 Å². The van der Waals surface area contributed by atoms with Crippen LogP contribution in [0.4, 0.5) is 0 Å². The summed E-state index contributed by atoms with van der Waals surface area (Å²) in [5.74, 6) is 0. The molecule has 1 nitrogen and oxygen atoms in total. The maximum atomic E-state index is 2.35. The molecule has 1 heterocycles. The molecule has 0 atom stereocenters. The average Bonchev–Trinajstić information content (AvgIpc) is 2.67. The van der Waals surface area contributed by atoms with E-state index in [1.165, 1.54) is 49.1 Å². The van der Waals surface area contributed by atoms with E-state index in [4.69, 9.17) is 0 Å². The fourth-order valence-electron chi connectivity index (χ4n) is 4.06. The van der Waals surface area contributed by atoms with Crippen LogP contribution in [0.15, 0.2) is 85.1 Å². The van der Waals surface area contributed by atoms with Gasteiger partial charge < -0.3 is 0 Å². The fraction of sp³-hybridized carbons (Fsp3) is 0.0800. The average molecular weight is 334 g/mol. The van der Waals surface area contributed by atoms with Crippen molar-refractivity contribution in [2.24, 2.45) is 7.05 Å². The number of rotatable bonds is 1. The van der Waals surface area contributed by atoms with Crippen molar-refractivity contribution in [2.75, 3.05) is 0 Å². The van der Waals surface area contributed by atoms with Gasteiger partial charge in [0.25, 0.3) is 0 Å². The molecule has 0 saturated heterocycles. The van der Waals surface area contributed by atoms with Crippen molar-refractivity contribution in [1.29, 1.82) is 0 Å². The molecule has 1 heteroatoms. The minimum atomic E-state index is 1.25. The molecule has 5 rings (SSSR count). The molecular formula is C25H20N+. The third kappa shape index (κ3) is 2.21. The fourth-order valence-corrected chi connectivity index (χ4v) is 4.06. The van der Waals surface area contributed by atoms with Crippen LogP contribution in [0.5, 0.6) is 0 Å². The van der Waals surface area contributed by atoms with Crippen LogP contribution in [0.1, 0.15) is 5.56 Å². The first-order valence-electron chi connectivity index (χ1n) is 9.02. The predicted molar refractivity (Wildman–Crippen MR) is 110 cm³/mol. The molecule has 0 unspecified atom stereocenters. The Balaban J connectivity index is 1.93. The Kier molecular flexibility index (Phi) is 3.29. The molecule has 0 aliphatic carbocycles.